The van der Waals surface area contributed by atoms with Crippen LogP contribution in [0.3, 0.4) is 0 Å². The van der Waals surface area contributed by atoms with E-state index < -0.39 is 44.4 Å². The first-order valence-corrected chi connectivity index (χ1v) is 12.0. The Hall–Kier alpha value is -3.70. The van der Waals surface area contributed by atoms with E-state index in [2.05, 4.69) is 0 Å². The molecule has 2 aliphatic rings. The smallest absolute Gasteiger partial charge is 0.341 e. The number of nitro benzene ring substituents is 1. The van der Waals surface area contributed by atoms with Gasteiger partial charge in [-0.05, 0) is 43.4 Å². The van der Waals surface area contributed by atoms with Crippen molar-refractivity contribution in [2.45, 2.75) is 37.3 Å². The number of ether oxygens (including phenoxy) is 1. The van der Waals surface area contributed by atoms with Crippen LogP contribution in [0.25, 0.3) is 10.9 Å². The summed E-state index contributed by atoms with van der Waals surface area (Å²) in [5.41, 5.74) is -3.68. The SMILES string of the molecule is COc1c(N2CCC(O)(c3ccc(Cl)cc3)CC2)c(F)c([N+](=O)[O-])c2c(=O)c(C(=O)O)cn(C3CC3)c12. The maximum Gasteiger partial charge on any atom is 0.341 e. The van der Waals surface area contributed by atoms with E-state index in [1.54, 1.807) is 29.2 Å². The molecule has 1 aliphatic heterocycles. The number of nitrogens with zero attached hydrogens (tertiary/aromatic N) is 3. The number of carboxylic acids is 1. The molecule has 2 fully saturated rings. The molecule has 2 heterocycles. The number of rotatable bonds is 6. The van der Waals surface area contributed by atoms with Crippen LogP contribution in [-0.4, -0.2) is 45.9 Å². The molecule has 2 N–H and O–H groups in total. The van der Waals surface area contributed by atoms with Crippen molar-refractivity contribution in [1.82, 2.24) is 4.57 Å². The van der Waals surface area contributed by atoms with Gasteiger partial charge in [-0.15, -0.1) is 0 Å². The van der Waals surface area contributed by atoms with Crippen molar-refractivity contribution >= 4 is 39.8 Å². The Morgan fingerprint density at radius 2 is 1.86 bits per heavy atom. The van der Waals surface area contributed by atoms with Gasteiger partial charge in [0.1, 0.15) is 22.2 Å². The maximum absolute atomic E-state index is 16.0. The molecule has 0 amide bonds. The van der Waals surface area contributed by atoms with Gasteiger partial charge in [-0.25, -0.2) is 4.79 Å². The zero-order chi connectivity index (χ0) is 26.6. The third-order valence-corrected chi connectivity index (χ3v) is 7.42. The zero-order valence-electron chi connectivity index (χ0n) is 19.7. The van der Waals surface area contributed by atoms with Crippen molar-refractivity contribution in [3.8, 4) is 5.75 Å². The molecule has 0 radical (unpaired) electrons. The van der Waals surface area contributed by atoms with Crippen LogP contribution < -0.4 is 15.1 Å². The molecule has 0 bridgehead atoms. The summed E-state index contributed by atoms with van der Waals surface area (Å²) in [5.74, 6) is -2.93. The summed E-state index contributed by atoms with van der Waals surface area (Å²) in [6.45, 7) is 0.270. The third kappa shape index (κ3) is 4.08. The number of benzene rings is 2. The lowest BCUT2D eigenvalue weighted by molar-refractivity contribution is -0.385. The molecular weight excluding hydrogens is 509 g/mol. The fraction of sp³-hybridized carbons (Fsp3) is 0.360. The topological polar surface area (TPSA) is 135 Å². The molecule has 1 aliphatic carbocycles. The van der Waals surface area contributed by atoms with Gasteiger partial charge in [-0.3, -0.25) is 14.9 Å². The van der Waals surface area contributed by atoms with Crippen molar-refractivity contribution in [1.29, 1.82) is 0 Å². The van der Waals surface area contributed by atoms with Crippen LogP contribution in [-0.2, 0) is 5.60 Å². The number of carboxylic acid groups (broad SMARTS) is 1. The zero-order valence-corrected chi connectivity index (χ0v) is 20.5. The molecule has 194 valence electrons. The highest BCUT2D eigenvalue weighted by Gasteiger charge is 2.40. The van der Waals surface area contributed by atoms with E-state index >= 15 is 4.39 Å². The summed E-state index contributed by atoms with van der Waals surface area (Å²) >= 11 is 5.96. The monoisotopic (exact) mass is 531 g/mol. The van der Waals surface area contributed by atoms with Crippen LogP contribution in [0.1, 0.15) is 47.6 Å². The predicted molar refractivity (Wildman–Crippen MR) is 133 cm³/mol. The molecule has 0 spiro atoms. The first kappa shape index (κ1) is 25.0. The summed E-state index contributed by atoms with van der Waals surface area (Å²) in [7, 11) is 1.27. The number of methoxy groups -OCH3 is 1. The van der Waals surface area contributed by atoms with Crippen LogP contribution >= 0.6 is 11.6 Å². The number of aromatic carboxylic acids is 1. The van der Waals surface area contributed by atoms with Crippen molar-refractivity contribution in [3.05, 3.63) is 72.8 Å². The molecule has 0 unspecified atom stereocenters. The molecule has 1 saturated carbocycles. The first-order valence-electron chi connectivity index (χ1n) is 11.7. The number of nitro groups is 1. The second kappa shape index (κ2) is 9.00. The summed E-state index contributed by atoms with van der Waals surface area (Å²) < 4.78 is 23.0. The van der Waals surface area contributed by atoms with Crippen molar-refractivity contribution in [2.24, 2.45) is 0 Å². The van der Waals surface area contributed by atoms with Crippen LogP contribution in [0.15, 0.2) is 35.3 Å². The van der Waals surface area contributed by atoms with Gasteiger partial charge in [-0.1, -0.05) is 23.7 Å². The summed E-state index contributed by atoms with van der Waals surface area (Å²) in [5, 5.41) is 32.8. The molecule has 2 aromatic carbocycles. The second-order valence-electron chi connectivity index (χ2n) is 9.37. The largest absolute Gasteiger partial charge is 0.492 e. The highest BCUT2D eigenvalue weighted by atomic mass is 35.5. The lowest BCUT2D eigenvalue weighted by Crippen LogP contribution is -2.43. The van der Waals surface area contributed by atoms with Gasteiger partial charge in [-0.2, -0.15) is 4.39 Å². The Morgan fingerprint density at radius 1 is 1.24 bits per heavy atom. The fourth-order valence-electron chi connectivity index (χ4n) is 5.11. The van der Waals surface area contributed by atoms with E-state index in [0.29, 0.717) is 23.4 Å². The number of aliphatic hydroxyl groups is 1. The number of fused-ring (bicyclic) bond motifs is 1. The van der Waals surface area contributed by atoms with E-state index in [1.165, 1.54) is 11.7 Å². The van der Waals surface area contributed by atoms with Gasteiger partial charge in [0, 0.05) is 30.4 Å². The number of pyridine rings is 1. The van der Waals surface area contributed by atoms with Gasteiger partial charge < -0.3 is 24.4 Å². The second-order valence-corrected chi connectivity index (χ2v) is 9.80. The minimum Gasteiger partial charge on any atom is -0.492 e. The molecule has 0 atom stereocenters. The number of piperidine rings is 1. The molecule has 1 saturated heterocycles. The summed E-state index contributed by atoms with van der Waals surface area (Å²) in [6.07, 6.45) is 2.86. The highest BCUT2D eigenvalue weighted by Crippen LogP contribution is 2.48. The Labute approximate surface area is 214 Å². The van der Waals surface area contributed by atoms with Crippen molar-refractivity contribution < 1.29 is 29.1 Å². The molecule has 3 aromatic rings. The van der Waals surface area contributed by atoms with E-state index in [0.717, 1.165) is 6.20 Å². The van der Waals surface area contributed by atoms with E-state index in [9.17, 15) is 29.9 Å². The normalized spacial score (nSPS) is 17.1. The van der Waals surface area contributed by atoms with Crippen LogP contribution in [0.2, 0.25) is 5.02 Å². The fourth-order valence-corrected chi connectivity index (χ4v) is 5.23. The van der Waals surface area contributed by atoms with Gasteiger partial charge in [0.15, 0.2) is 5.75 Å². The Bertz CT molecular complexity index is 1490. The number of anilines is 1. The molecular formula is C25H23ClFN3O7. The minimum atomic E-state index is -1.56. The quantitative estimate of drug-likeness (QED) is 0.356. The lowest BCUT2D eigenvalue weighted by atomic mass is 9.84. The van der Waals surface area contributed by atoms with Gasteiger partial charge in [0.05, 0.1) is 17.6 Å². The van der Waals surface area contributed by atoms with Gasteiger partial charge in [0.2, 0.25) is 11.2 Å². The van der Waals surface area contributed by atoms with E-state index in [-0.39, 0.29) is 48.9 Å². The Morgan fingerprint density at radius 3 is 2.38 bits per heavy atom. The average molecular weight is 532 g/mol. The third-order valence-electron chi connectivity index (χ3n) is 7.16. The van der Waals surface area contributed by atoms with E-state index in [4.69, 9.17) is 16.3 Å². The molecule has 10 nitrogen and oxygen atoms in total. The van der Waals surface area contributed by atoms with Crippen molar-refractivity contribution in [2.75, 3.05) is 25.1 Å². The number of hydrogen-bond donors (Lipinski definition) is 2. The van der Waals surface area contributed by atoms with Gasteiger partial charge in [0.25, 0.3) is 0 Å². The van der Waals surface area contributed by atoms with E-state index in [1.807, 2.05) is 0 Å². The summed E-state index contributed by atoms with van der Waals surface area (Å²) in [6, 6.07) is 6.56. The molecule has 5 rings (SSSR count). The number of halogens is 2. The first-order chi connectivity index (χ1) is 17.6. The standard InChI is InChI=1S/C25H23ClFN3O7/c1-37-23-20-17(22(31)16(24(32)33)12-29(20)15-6-7-15)19(30(35)36)18(27)21(23)28-10-8-25(34,9-11-28)13-2-4-14(26)5-3-13/h2-5,12,15,34H,6-11H2,1H3,(H,32,33). The molecule has 1 aromatic heterocycles. The Balaban J connectivity index is 1.69. The number of carbonyl (C=O) groups is 1. The van der Waals surface area contributed by atoms with Crippen LogP contribution in [0, 0.1) is 15.9 Å². The molecule has 37 heavy (non-hydrogen) atoms. The lowest BCUT2D eigenvalue weighted by Gasteiger charge is -2.40. The maximum atomic E-state index is 16.0. The van der Waals surface area contributed by atoms with Crippen LogP contribution in [0.5, 0.6) is 5.75 Å². The number of aromatic nitrogens is 1. The average Bonchev–Trinajstić information content (AvgIpc) is 3.70. The summed E-state index contributed by atoms with van der Waals surface area (Å²) in [4.78, 5) is 37.5. The molecule has 12 heteroatoms. The number of hydrogen-bond acceptors (Lipinski definition) is 7. The highest BCUT2D eigenvalue weighted by molar-refractivity contribution is 6.30. The van der Waals surface area contributed by atoms with Crippen molar-refractivity contribution in [3.63, 3.8) is 0 Å². The van der Waals surface area contributed by atoms with Gasteiger partial charge >= 0.3 is 11.7 Å². The predicted octanol–water partition coefficient (Wildman–Crippen LogP) is 4.23. The Kier molecular flexibility index (Phi) is 6.07. The minimum absolute atomic E-state index is 0.0124. The van der Waals surface area contributed by atoms with Crippen LogP contribution in [0.4, 0.5) is 15.8 Å².